The Morgan fingerprint density at radius 1 is 1.40 bits per heavy atom. The molecule has 0 saturated heterocycles. The molecule has 0 amide bonds. The monoisotopic (exact) mass is 202 g/mol. The summed E-state index contributed by atoms with van der Waals surface area (Å²) < 4.78 is 2.05. The van der Waals surface area contributed by atoms with Crippen molar-refractivity contribution in [2.75, 3.05) is 12.4 Å². The number of hydrogen-bond acceptors (Lipinski definition) is 3. The van der Waals surface area contributed by atoms with Gasteiger partial charge < -0.3 is 9.88 Å². The molecule has 0 spiro atoms. The zero-order valence-electron chi connectivity index (χ0n) is 8.94. The maximum Gasteiger partial charge on any atom is 0.203 e. The topological polar surface area (TPSA) is 42.7 Å². The lowest BCUT2D eigenvalue weighted by molar-refractivity contribution is 0.780. The van der Waals surface area contributed by atoms with Crippen LogP contribution < -0.4 is 5.32 Å². The fraction of sp³-hybridized carbons (Fsp3) is 0.273. The molecule has 0 atom stereocenters. The van der Waals surface area contributed by atoms with E-state index in [1.54, 1.807) is 6.20 Å². The number of anilines is 1. The number of pyridine rings is 1. The minimum Gasteiger partial charge on any atom is -0.359 e. The summed E-state index contributed by atoms with van der Waals surface area (Å²) in [5.74, 6) is 0.873. The molecule has 2 aromatic rings. The van der Waals surface area contributed by atoms with E-state index in [0.717, 1.165) is 23.9 Å². The largest absolute Gasteiger partial charge is 0.359 e. The number of aromatic nitrogens is 3. The summed E-state index contributed by atoms with van der Waals surface area (Å²) >= 11 is 0. The number of nitrogens with zero attached hydrogens (tertiary/aromatic N) is 3. The molecule has 2 aromatic heterocycles. The predicted molar refractivity (Wildman–Crippen MR) is 59.8 cm³/mol. The first kappa shape index (κ1) is 9.71. The molecule has 15 heavy (non-hydrogen) atoms. The number of aryl methyl sites for hydroxylation is 1. The van der Waals surface area contributed by atoms with Crippen LogP contribution in [0.5, 0.6) is 0 Å². The highest BCUT2D eigenvalue weighted by molar-refractivity contribution is 5.28. The Labute approximate surface area is 89.0 Å². The average Bonchev–Trinajstić information content (AvgIpc) is 2.60. The summed E-state index contributed by atoms with van der Waals surface area (Å²) in [4.78, 5) is 8.63. The second-order valence-electron chi connectivity index (χ2n) is 3.40. The van der Waals surface area contributed by atoms with Crippen molar-refractivity contribution in [1.82, 2.24) is 14.5 Å². The molecule has 2 heterocycles. The van der Waals surface area contributed by atoms with Crippen LogP contribution in [0.4, 0.5) is 5.95 Å². The van der Waals surface area contributed by atoms with Crippen LogP contribution in [-0.2, 0) is 6.54 Å². The highest BCUT2D eigenvalue weighted by Crippen LogP contribution is 2.09. The highest BCUT2D eigenvalue weighted by atomic mass is 15.2. The first-order chi connectivity index (χ1) is 7.29. The minimum absolute atomic E-state index is 0.748. The van der Waals surface area contributed by atoms with E-state index in [4.69, 9.17) is 0 Å². The maximum absolute atomic E-state index is 4.35. The second-order valence-corrected chi connectivity index (χ2v) is 3.40. The zero-order chi connectivity index (χ0) is 10.7. The van der Waals surface area contributed by atoms with Crippen molar-refractivity contribution in [2.45, 2.75) is 13.5 Å². The fourth-order valence-electron chi connectivity index (χ4n) is 1.53. The van der Waals surface area contributed by atoms with Gasteiger partial charge in [-0.1, -0.05) is 6.07 Å². The molecule has 0 aliphatic heterocycles. The van der Waals surface area contributed by atoms with E-state index in [0.29, 0.717) is 0 Å². The molecule has 0 bridgehead atoms. The lowest BCUT2D eigenvalue weighted by Gasteiger charge is -2.05. The molecule has 4 heteroatoms. The fourth-order valence-corrected chi connectivity index (χ4v) is 1.53. The maximum atomic E-state index is 4.35. The molecule has 4 nitrogen and oxygen atoms in total. The van der Waals surface area contributed by atoms with Crippen molar-refractivity contribution in [3.05, 3.63) is 42.0 Å². The van der Waals surface area contributed by atoms with Crippen LogP contribution in [0.1, 0.15) is 11.4 Å². The molecule has 1 N–H and O–H groups in total. The van der Waals surface area contributed by atoms with Crippen LogP contribution in [0.3, 0.4) is 0 Å². The summed E-state index contributed by atoms with van der Waals surface area (Å²) in [5.41, 5.74) is 2.04. The normalized spacial score (nSPS) is 10.3. The van der Waals surface area contributed by atoms with Gasteiger partial charge in [-0.15, -0.1) is 0 Å². The van der Waals surface area contributed by atoms with Crippen molar-refractivity contribution in [3.63, 3.8) is 0 Å². The molecular formula is C11H14N4. The summed E-state index contributed by atoms with van der Waals surface area (Å²) in [6, 6.07) is 5.92. The lowest BCUT2D eigenvalue weighted by atomic mass is 10.3. The smallest absolute Gasteiger partial charge is 0.203 e. The number of rotatable bonds is 3. The third-order valence-corrected chi connectivity index (χ3v) is 2.18. The average molecular weight is 202 g/mol. The summed E-state index contributed by atoms with van der Waals surface area (Å²) in [7, 11) is 1.87. The summed E-state index contributed by atoms with van der Waals surface area (Å²) in [6.07, 6.45) is 3.82. The molecular weight excluding hydrogens is 188 g/mol. The highest BCUT2D eigenvalue weighted by Gasteiger charge is 2.04. The van der Waals surface area contributed by atoms with Crippen molar-refractivity contribution in [3.8, 4) is 0 Å². The van der Waals surface area contributed by atoms with Crippen LogP contribution in [-0.4, -0.2) is 21.6 Å². The van der Waals surface area contributed by atoms with Gasteiger partial charge in [0.05, 0.1) is 17.9 Å². The quantitative estimate of drug-likeness (QED) is 0.823. The van der Waals surface area contributed by atoms with Gasteiger partial charge in [0.25, 0.3) is 0 Å². The van der Waals surface area contributed by atoms with E-state index in [2.05, 4.69) is 19.9 Å². The summed E-state index contributed by atoms with van der Waals surface area (Å²) in [6.45, 7) is 2.73. The van der Waals surface area contributed by atoms with Gasteiger partial charge in [-0.05, 0) is 19.1 Å². The van der Waals surface area contributed by atoms with Crippen molar-refractivity contribution in [1.29, 1.82) is 0 Å². The summed E-state index contributed by atoms with van der Waals surface area (Å²) in [5, 5.41) is 3.06. The van der Waals surface area contributed by atoms with Crippen LogP contribution in [0.25, 0.3) is 0 Å². The Hall–Kier alpha value is -1.84. The molecule has 0 fully saturated rings. The van der Waals surface area contributed by atoms with Gasteiger partial charge in [-0.2, -0.15) is 0 Å². The van der Waals surface area contributed by atoms with Gasteiger partial charge in [0.15, 0.2) is 0 Å². The predicted octanol–water partition coefficient (Wildman–Crippen LogP) is 1.68. The molecule has 2 rings (SSSR count). The van der Waals surface area contributed by atoms with E-state index in [1.807, 2.05) is 38.4 Å². The Morgan fingerprint density at radius 2 is 2.27 bits per heavy atom. The van der Waals surface area contributed by atoms with E-state index >= 15 is 0 Å². The Morgan fingerprint density at radius 3 is 2.93 bits per heavy atom. The van der Waals surface area contributed by atoms with Gasteiger partial charge in [-0.25, -0.2) is 4.98 Å². The molecule has 0 aliphatic carbocycles. The van der Waals surface area contributed by atoms with E-state index in [9.17, 15) is 0 Å². The van der Waals surface area contributed by atoms with Crippen molar-refractivity contribution >= 4 is 5.95 Å². The SMILES string of the molecule is CNc1nc(C)cn1Cc1ccccn1. The van der Waals surface area contributed by atoms with Gasteiger partial charge in [0, 0.05) is 19.4 Å². The van der Waals surface area contributed by atoms with Gasteiger partial charge in [0.2, 0.25) is 5.95 Å². The Balaban J connectivity index is 2.24. The lowest BCUT2D eigenvalue weighted by Crippen LogP contribution is -2.04. The standard InChI is InChI=1S/C11H14N4/c1-9-7-15(11(12-2)14-9)8-10-5-3-4-6-13-10/h3-7H,8H2,1-2H3,(H,12,14). The first-order valence-electron chi connectivity index (χ1n) is 4.91. The van der Waals surface area contributed by atoms with E-state index in [-0.39, 0.29) is 0 Å². The molecule has 0 unspecified atom stereocenters. The minimum atomic E-state index is 0.748. The van der Waals surface area contributed by atoms with E-state index in [1.165, 1.54) is 0 Å². The second kappa shape index (κ2) is 4.13. The van der Waals surface area contributed by atoms with Gasteiger partial charge in [-0.3, -0.25) is 4.98 Å². The Kier molecular flexibility index (Phi) is 2.67. The molecule has 78 valence electrons. The Bertz CT molecular complexity index is 433. The van der Waals surface area contributed by atoms with Crippen LogP contribution in [0.2, 0.25) is 0 Å². The zero-order valence-corrected chi connectivity index (χ0v) is 8.94. The first-order valence-corrected chi connectivity index (χ1v) is 4.91. The number of imidazole rings is 1. The molecule has 0 saturated carbocycles. The third-order valence-electron chi connectivity index (χ3n) is 2.18. The van der Waals surface area contributed by atoms with Crippen LogP contribution >= 0.6 is 0 Å². The van der Waals surface area contributed by atoms with Crippen molar-refractivity contribution in [2.24, 2.45) is 0 Å². The van der Waals surface area contributed by atoms with Gasteiger partial charge >= 0.3 is 0 Å². The third kappa shape index (κ3) is 2.15. The molecule has 0 radical (unpaired) electrons. The molecule has 0 aliphatic rings. The molecule has 0 aromatic carbocycles. The van der Waals surface area contributed by atoms with Crippen LogP contribution in [0, 0.1) is 6.92 Å². The number of hydrogen-bond donors (Lipinski definition) is 1. The van der Waals surface area contributed by atoms with Crippen LogP contribution in [0.15, 0.2) is 30.6 Å². The van der Waals surface area contributed by atoms with E-state index < -0.39 is 0 Å². The number of nitrogens with one attached hydrogen (secondary N) is 1. The van der Waals surface area contributed by atoms with Crippen molar-refractivity contribution < 1.29 is 0 Å². The van der Waals surface area contributed by atoms with Gasteiger partial charge in [0.1, 0.15) is 0 Å².